The summed E-state index contributed by atoms with van der Waals surface area (Å²) in [5.41, 5.74) is 0.832. The second-order valence-corrected chi connectivity index (χ2v) is 5.32. The SMILES string of the molecule is CC(C)(CN1CCc2ccccc2C1=O)C(=O)O. The van der Waals surface area contributed by atoms with Crippen molar-refractivity contribution in [1.82, 2.24) is 4.90 Å². The van der Waals surface area contributed by atoms with Gasteiger partial charge in [0.05, 0.1) is 5.41 Å². The smallest absolute Gasteiger partial charge is 0.310 e. The van der Waals surface area contributed by atoms with Crippen LogP contribution in [0.1, 0.15) is 29.8 Å². The summed E-state index contributed by atoms with van der Waals surface area (Å²) in [4.78, 5) is 25.0. The minimum atomic E-state index is -0.915. The van der Waals surface area contributed by atoms with Crippen molar-refractivity contribution in [2.45, 2.75) is 20.3 Å². The number of aliphatic carboxylic acids is 1. The topological polar surface area (TPSA) is 57.6 Å². The van der Waals surface area contributed by atoms with Crippen LogP contribution in [0, 0.1) is 5.41 Å². The minimum absolute atomic E-state index is 0.0637. The monoisotopic (exact) mass is 247 g/mol. The molecule has 1 amide bonds. The molecule has 1 aromatic rings. The molecule has 0 spiro atoms. The van der Waals surface area contributed by atoms with Crippen molar-refractivity contribution < 1.29 is 14.7 Å². The van der Waals surface area contributed by atoms with E-state index in [4.69, 9.17) is 5.11 Å². The Morgan fingerprint density at radius 3 is 2.72 bits per heavy atom. The summed E-state index contributed by atoms with van der Waals surface area (Å²) in [7, 11) is 0. The number of carboxylic acids is 1. The fourth-order valence-electron chi connectivity index (χ4n) is 2.17. The Labute approximate surface area is 106 Å². The largest absolute Gasteiger partial charge is 0.481 e. The van der Waals surface area contributed by atoms with Crippen molar-refractivity contribution in [3.63, 3.8) is 0 Å². The van der Waals surface area contributed by atoms with E-state index in [0.717, 1.165) is 12.0 Å². The van der Waals surface area contributed by atoms with E-state index in [1.165, 1.54) is 0 Å². The lowest BCUT2D eigenvalue weighted by Gasteiger charge is -2.33. The Morgan fingerprint density at radius 1 is 1.39 bits per heavy atom. The second-order valence-electron chi connectivity index (χ2n) is 5.32. The molecule has 1 heterocycles. The molecule has 0 aliphatic carbocycles. The van der Waals surface area contributed by atoms with Crippen LogP contribution in [0.4, 0.5) is 0 Å². The van der Waals surface area contributed by atoms with Gasteiger partial charge in [-0.25, -0.2) is 0 Å². The highest BCUT2D eigenvalue weighted by atomic mass is 16.4. The van der Waals surface area contributed by atoms with E-state index in [0.29, 0.717) is 12.1 Å². The molecule has 0 unspecified atom stereocenters. The standard InChI is InChI=1S/C14H17NO3/c1-14(2,13(17)18)9-15-8-7-10-5-3-4-6-11(10)12(15)16/h3-6H,7-9H2,1-2H3,(H,17,18). The van der Waals surface area contributed by atoms with Gasteiger partial charge in [-0.3, -0.25) is 9.59 Å². The van der Waals surface area contributed by atoms with Gasteiger partial charge in [0, 0.05) is 18.7 Å². The highest BCUT2D eigenvalue weighted by Crippen LogP contribution is 2.23. The van der Waals surface area contributed by atoms with Crippen LogP contribution in [0.5, 0.6) is 0 Å². The van der Waals surface area contributed by atoms with Crippen molar-refractivity contribution in [2.24, 2.45) is 5.41 Å². The van der Waals surface area contributed by atoms with Crippen LogP contribution in [0.15, 0.2) is 24.3 Å². The first-order valence-corrected chi connectivity index (χ1v) is 6.02. The molecule has 1 N–H and O–H groups in total. The fraction of sp³-hybridized carbons (Fsp3) is 0.429. The first-order valence-electron chi connectivity index (χ1n) is 6.02. The zero-order valence-electron chi connectivity index (χ0n) is 10.6. The lowest BCUT2D eigenvalue weighted by Crippen LogP contribution is -2.45. The fourth-order valence-corrected chi connectivity index (χ4v) is 2.17. The van der Waals surface area contributed by atoms with E-state index in [-0.39, 0.29) is 12.5 Å². The Morgan fingerprint density at radius 2 is 2.06 bits per heavy atom. The summed E-state index contributed by atoms with van der Waals surface area (Å²) in [6.07, 6.45) is 0.789. The van der Waals surface area contributed by atoms with E-state index in [2.05, 4.69) is 0 Å². The average molecular weight is 247 g/mol. The molecule has 4 nitrogen and oxygen atoms in total. The van der Waals surface area contributed by atoms with Crippen molar-refractivity contribution in [3.05, 3.63) is 35.4 Å². The molecule has 2 rings (SSSR count). The van der Waals surface area contributed by atoms with Crippen molar-refractivity contribution in [2.75, 3.05) is 13.1 Å². The molecule has 0 fully saturated rings. The predicted molar refractivity (Wildman–Crippen MR) is 67.5 cm³/mol. The molecule has 4 heteroatoms. The summed E-state index contributed by atoms with van der Waals surface area (Å²) in [6.45, 7) is 4.12. The van der Waals surface area contributed by atoms with E-state index < -0.39 is 11.4 Å². The summed E-state index contributed by atoms with van der Waals surface area (Å²) < 4.78 is 0. The molecule has 0 bridgehead atoms. The van der Waals surface area contributed by atoms with Gasteiger partial charge < -0.3 is 10.0 Å². The number of carbonyl (C=O) groups is 2. The molecule has 1 aliphatic heterocycles. The Kier molecular flexibility index (Phi) is 3.11. The molecule has 0 radical (unpaired) electrons. The van der Waals surface area contributed by atoms with Gasteiger partial charge in [0.1, 0.15) is 0 Å². The predicted octanol–water partition coefficient (Wildman–Crippen LogP) is 1.80. The number of hydrogen-bond donors (Lipinski definition) is 1. The zero-order valence-corrected chi connectivity index (χ0v) is 10.6. The number of nitrogens with zero attached hydrogens (tertiary/aromatic N) is 1. The number of fused-ring (bicyclic) bond motifs is 1. The summed E-state index contributed by atoms with van der Waals surface area (Å²) >= 11 is 0. The molecule has 0 aromatic heterocycles. The second kappa shape index (κ2) is 4.44. The van der Waals surface area contributed by atoms with Gasteiger partial charge in [0.2, 0.25) is 0 Å². The van der Waals surface area contributed by atoms with Crippen LogP contribution in [0.2, 0.25) is 0 Å². The number of benzene rings is 1. The first kappa shape index (κ1) is 12.6. The summed E-state index contributed by atoms with van der Waals surface area (Å²) in [5.74, 6) is -0.944. The van der Waals surface area contributed by atoms with Crippen LogP contribution >= 0.6 is 0 Å². The van der Waals surface area contributed by atoms with Gasteiger partial charge in [0.15, 0.2) is 0 Å². The van der Waals surface area contributed by atoms with E-state index in [1.807, 2.05) is 18.2 Å². The third-order valence-corrected chi connectivity index (χ3v) is 3.35. The molecular weight excluding hydrogens is 230 g/mol. The van der Waals surface area contributed by atoms with Crippen molar-refractivity contribution in [1.29, 1.82) is 0 Å². The highest BCUT2D eigenvalue weighted by molar-refractivity contribution is 5.97. The van der Waals surface area contributed by atoms with Crippen molar-refractivity contribution in [3.8, 4) is 0 Å². The van der Waals surface area contributed by atoms with E-state index in [1.54, 1.807) is 24.8 Å². The molecular formula is C14H17NO3. The molecule has 1 aliphatic rings. The Balaban J connectivity index is 2.20. The molecule has 1 aromatic carbocycles. The Bertz CT molecular complexity index is 494. The average Bonchev–Trinajstić information content (AvgIpc) is 2.33. The lowest BCUT2D eigenvalue weighted by molar-refractivity contribution is -0.147. The third kappa shape index (κ3) is 2.23. The van der Waals surface area contributed by atoms with Crippen LogP contribution < -0.4 is 0 Å². The maximum atomic E-state index is 12.3. The van der Waals surface area contributed by atoms with Gasteiger partial charge in [0.25, 0.3) is 5.91 Å². The maximum Gasteiger partial charge on any atom is 0.310 e. The molecule has 18 heavy (non-hydrogen) atoms. The van der Waals surface area contributed by atoms with Gasteiger partial charge in [-0.2, -0.15) is 0 Å². The quantitative estimate of drug-likeness (QED) is 0.886. The van der Waals surface area contributed by atoms with Crippen molar-refractivity contribution >= 4 is 11.9 Å². The zero-order chi connectivity index (χ0) is 13.3. The van der Waals surface area contributed by atoms with Crippen LogP contribution in [0.25, 0.3) is 0 Å². The molecule has 96 valence electrons. The normalized spacial score (nSPS) is 15.4. The molecule has 0 saturated heterocycles. The van der Waals surface area contributed by atoms with Gasteiger partial charge in [-0.1, -0.05) is 18.2 Å². The van der Waals surface area contributed by atoms with Crippen LogP contribution in [0.3, 0.4) is 0 Å². The van der Waals surface area contributed by atoms with Gasteiger partial charge >= 0.3 is 5.97 Å². The number of amides is 1. The number of rotatable bonds is 3. The summed E-state index contributed by atoms with van der Waals surface area (Å²) in [5, 5.41) is 9.12. The van der Waals surface area contributed by atoms with E-state index >= 15 is 0 Å². The first-order chi connectivity index (χ1) is 8.42. The third-order valence-electron chi connectivity index (χ3n) is 3.35. The minimum Gasteiger partial charge on any atom is -0.481 e. The van der Waals surface area contributed by atoms with Gasteiger partial charge in [-0.05, 0) is 31.9 Å². The maximum absolute atomic E-state index is 12.3. The van der Waals surface area contributed by atoms with Gasteiger partial charge in [-0.15, -0.1) is 0 Å². The molecule has 0 saturated carbocycles. The summed E-state index contributed by atoms with van der Waals surface area (Å²) in [6, 6.07) is 7.51. The Hall–Kier alpha value is -1.84. The van der Waals surface area contributed by atoms with Crippen LogP contribution in [-0.4, -0.2) is 35.0 Å². The number of carbonyl (C=O) groups excluding carboxylic acids is 1. The number of carboxylic acid groups (broad SMARTS) is 1. The van der Waals surface area contributed by atoms with Crippen LogP contribution in [-0.2, 0) is 11.2 Å². The number of hydrogen-bond acceptors (Lipinski definition) is 2. The van der Waals surface area contributed by atoms with E-state index in [9.17, 15) is 9.59 Å². The lowest BCUT2D eigenvalue weighted by atomic mass is 9.91. The highest BCUT2D eigenvalue weighted by Gasteiger charge is 2.33. The molecule has 0 atom stereocenters.